The summed E-state index contributed by atoms with van der Waals surface area (Å²) in [5.41, 5.74) is 1.34. The first-order valence-electron chi connectivity index (χ1n) is 7.73. The second-order valence-corrected chi connectivity index (χ2v) is 6.42. The van der Waals surface area contributed by atoms with Gasteiger partial charge in [0.05, 0.1) is 11.4 Å². The number of benzene rings is 2. The third-order valence-electron chi connectivity index (χ3n) is 3.61. The zero-order chi connectivity index (χ0) is 18.5. The van der Waals surface area contributed by atoms with Crippen LogP contribution in [0.15, 0.2) is 53.4 Å². The van der Waals surface area contributed by atoms with E-state index in [-0.39, 0.29) is 23.9 Å². The van der Waals surface area contributed by atoms with Crippen LogP contribution in [-0.4, -0.2) is 22.6 Å². The predicted molar refractivity (Wildman–Crippen MR) is 98.7 cm³/mol. The van der Waals surface area contributed by atoms with Crippen molar-refractivity contribution < 1.29 is 18.7 Å². The maximum absolute atomic E-state index is 13.3. The Kier molecular flexibility index (Phi) is 5.40. The highest BCUT2D eigenvalue weighted by Crippen LogP contribution is 2.33. The number of hydrogen-bond acceptors (Lipinski definition) is 4. The molecule has 1 saturated heterocycles. The van der Waals surface area contributed by atoms with Gasteiger partial charge in [-0.05, 0) is 41.6 Å². The second kappa shape index (κ2) is 7.89. The Hall–Kier alpha value is -3.04. The molecule has 4 nitrogen and oxygen atoms in total. The second-order valence-electron chi connectivity index (χ2n) is 5.43. The number of imide groups is 1. The Bertz CT molecular complexity index is 933. The van der Waals surface area contributed by atoms with E-state index in [2.05, 4.69) is 5.92 Å². The molecule has 1 aliphatic rings. The van der Waals surface area contributed by atoms with Gasteiger partial charge in [-0.2, -0.15) is 0 Å². The van der Waals surface area contributed by atoms with Gasteiger partial charge >= 0.3 is 0 Å². The van der Waals surface area contributed by atoms with E-state index in [9.17, 15) is 14.0 Å². The van der Waals surface area contributed by atoms with Crippen LogP contribution in [0.4, 0.5) is 9.18 Å². The van der Waals surface area contributed by atoms with Gasteiger partial charge < -0.3 is 4.74 Å². The Morgan fingerprint density at radius 2 is 2.00 bits per heavy atom. The van der Waals surface area contributed by atoms with Crippen molar-refractivity contribution in [2.24, 2.45) is 0 Å². The Morgan fingerprint density at radius 3 is 2.77 bits per heavy atom. The molecular formula is C20H14FNO3S. The van der Waals surface area contributed by atoms with E-state index in [1.54, 1.807) is 42.5 Å². The standard InChI is InChI=1S/C20H14FNO3S/c1-2-10-22-19(23)18(26-20(22)24)12-15-7-3-4-9-17(15)25-13-14-6-5-8-16(21)11-14/h1,3-9,11-12H,10,13H2/b18-12+. The van der Waals surface area contributed by atoms with Crippen LogP contribution >= 0.6 is 11.8 Å². The number of para-hydroxylation sites is 1. The average Bonchev–Trinajstić information content (AvgIpc) is 2.89. The molecule has 0 bridgehead atoms. The summed E-state index contributed by atoms with van der Waals surface area (Å²) in [4.78, 5) is 25.4. The van der Waals surface area contributed by atoms with Gasteiger partial charge in [0.2, 0.25) is 0 Å². The first kappa shape index (κ1) is 17.8. The molecule has 6 heteroatoms. The fourth-order valence-corrected chi connectivity index (χ4v) is 3.22. The van der Waals surface area contributed by atoms with Crippen molar-refractivity contribution >= 4 is 29.0 Å². The average molecular weight is 367 g/mol. The Labute approximate surface area is 154 Å². The molecule has 2 aromatic carbocycles. The lowest BCUT2D eigenvalue weighted by Gasteiger charge is -2.10. The van der Waals surface area contributed by atoms with Crippen molar-refractivity contribution in [3.63, 3.8) is 0 Å². The van der Waals surface area contributed by atoms with Gasteiger partial charge in [0.1, 0.15) is 18.2 Å². The molecule has 130 valence electrons. The molecule has 2 amide bonds. The fourth-order valence-electron chi connectivity index (χ4n) is 2.39. The summed E-state index contributed by atoms with van der Waals surface area (Å²) in [5.74, 6) is 2.08. The minimum Gasteiger partial charge on any atom is -0.488 e. The summed E-state index contributed by atoms with van der Waals surface area (Å²) >= 11 is 0.840. The molecule has 1 aliphatic heterocycles. The quantitative estimate of drug-likeness (QED) is 0.590. The fraction of sp³-hybridized carbons (Fsp3) is 0.100. The molecule has 0 N–H and O–H groups in total. The summed E-state index contributed by atoms with van der Waals surface area (Å²) in [6.07, 6.45) is 6.79. The van der Waals surface area contributed by atoms with Crippen LogP contribution in [0.5, 0.6) is 5.75 Å². The van der Waals surface area contributed by atoms with E-state index in [0.29, 0.717) is 16.9 Å². The molecule has 1 fully saturated rings. The Balaban J connectivity index is 1.80. The third kappa shape index (κ3) is 3.95. The van der Waals surface area contributed by atoms with Crippen molar-refractivity contribution in [1.29, 1.82) is 0 Å². The SMILES string of the molecule is C#CCN1C(=O)S/C(=C/c2ccccc2OCc2cccc(F)c2)C1=O. The summed E-state index contributed by atoms with van der Waals surface area (Å²) in [6.45, 7) is 0.126. The molecule has 2 aromatic rings. The zero-order valence-electron chi connectivity index (χ0n) is 13.6. The van der Waals surface area contributed by atoms with Crippen molar-refractivity contribution in [2.45, 2.75) is 6.61 Å². The van der Waals surface area contributed by atoms with Gasteiger partial charge in [0.25, 0.3) is 11.1 Å². The molecule has 3 rings (SSSR count). The van der Waals surface area contributed by atoms with Gasteiger partial charge in [-0.3, -0.25) is 14.5 Å². The smallest absolute Gasteiger partial charge is 0.294 e. The van der Waals surface area contributed by atoms with Gasteiger partial charge in [-0.25, -0.2) is 4.39 Å². The number of amides is 2. The first-order chi connectivity index (χ1) is 12.6. The molecule has 0 atom stereocenters. The van der Waals surface area contributed by atoms with E-state index in [1.165, 1.54) is 12.1 Å². The van der Waals surface area contributed by atoms with Crippen LogP contribution in [0.2, 0.25) is 0 Å². The summed E-state index contributed by atoms with van der Waals surface area (Å²) in [7, 11) is 0. The molecule has 1 heterocycles. The maximum Gasteiger partial charge on any atom is 0.294 e. The highest BCUT2D eigenvalue weighted by Gasteiger charge is 2.34. The van der Waals surface area contributed by atoms with Gasteiger partial charge in [-0.1, -0.05) is 36.3 Å². The molecule has 0 aromatic heterocycles. The van der Waals surface area contributed by atoms with Crippen molar-refractivity contribution in [3.05, 3.63) is 70.4 Å². The molecule has 0 radical (unpaired) electrons. The van der Waals surface area contributed by atoms with Gasteiger partial charge in [0.15, 0.2) is 0 Å². The van der Waals surface area contributed by atoms with E-state index >= 15 is 0 Å². The highest BCUT2D eigenvalue weighted by molar-refractivity contribution is 8.18. The molecule has 0 unspecified atom stereocenters. The van der Waals surface area contributed by atoms with Gasteiger partial charge in [0, 0.05) is 5.56 Å². The zero-order valence-corrected chi connectivity index (χ0v) is 14.5. The van der Waals surface area contributed by atoms with Crippen LogP contribution in [0.3, 0.4) is 0 Å². The van der Waals surface area contributed by atoms with E-state index < -0.39 is 11.1 Å². The van der Waals surface area contributed by atoms with E-state index in [1.807, 2.05) is 0 Å². The highest BCUT2D eigenvalue weighted by atomic mass is 32.2. The molecule has 0 spiro atoms. The first-order valence-corrected chi connectivity index (χ1v) is 8.55. The molecule has 0 saturated carbocycles. The minimum atomic E-state index is -0.419. The number of carbonyl (C=O) groups is 2. The lowest BCUT2D eigenvalue weighted by molar-refractivity contribution is -0.122. The number of rotatable bonds is 5. The number of halogens is 1. The summed E-state index contributed by atoms with van der Waals surface area (Å²) < 4.78 is 19.0. The normalized spacial score (nSPS) is 15.4. The number of nitrogens with zero attached hydrogens (tertiary/aromatic N) is 1. The lowest BCUT2D eigenvalue weighted by Crippen LogP contribution is -2.28. The van der Waals surface area contributed by atoms with Crippen LogP contribution in [-0.2, 0) is 11.4 Å². The summed E-state index contributed by atoms with van der Waals surface area (Å²) in [5, 5.41) is -0.391. The number of thioether (sulfide) groups is 1. The number of ether oxygens (including phenoxy) is 1. The monoisotopic (exact) mass is 367 g/mol. The van der Waals surface area contributed by atoms with Crippen LogP contribution < -0.4 is 4.74 Å². The molecule has 0 aliphatic carbocycles. The topological polar surface area (TPSA) is 46.6 Å². The molecule has 26 heavy (non-hydrogen) atoms. The number of terminal acetylenes is 1. The third-order valence-corrected chi connectivity index (χ3v) is 4.52. The lowest BCUT2D eigenvalue weighted by atomic mass is 10.1. The predicted octanol–water partition coefficient (Wildman–Crippen LogP) is 4.07. The maximum atomic E-state index is 13.3. The van der Waals surface area contributed by atoms with Crippen molar-refractivity contribution in [1.82, 2.24) is 4.90 Å². The van der Waals surface area contributed by atoms with Crippen LogP contribution in [0.25, 0.3) is 6.08 Å². The Morgan fingerprint density at radius 1 is 1.19 bits per heavy atom. The van der Waals surface area contributed by atoms with E-state index in [0.717, 1.165) is 16.7 Å². The largest absolute Gasteiger partial charge is 0.488 e. The summed E-state index contributed by atoms with van der Waals surface area (Å²) in [6, 6.07) is 13.2. The van der Waals surface area contributed by atoms with Gasteiger partial charge in [-0.15, -0.1) is 6.42 Å². The minimum absolute atomic E-state index is 0.0558. The molecular weight excluding hydrogens is 353 g/mol. The van der Waals surface area contributed by atoms with Crippen LogP contribution in [0, 0.1) is 18.2 Å². The van der Waals surface area contributed by atoms with Crippen LogP contribution in [0.1, 0.15) is 11.1 Å². The van der Waals surface area contributed by atoms with Crippen molar-refractivity contribution in [2.75, 3.05) is 6.54 Å². The number of carbonyl (C=O) groups excluding carboxylic acids is 2. The number of hydrogen-bond donors (Lipinski definition) is 0. The van der Waals surface area contributed by atoms with E-state index in [4.69, 9.17) is 11.2 Å². The van der Waals surface area contributed by atoms with Crippen molar-refractivity contribution in [3.8, 4) is 18.1 Å².